The molecule has 0 bridgehead atoms. The summed E-state index contributed by atoms with van der Waals surface area (Å²) >= 11 is 11.7. The van der Waals surface area contributed by atoms with Gasteiger partial charge in [-0.2, -0.15) is 0 Å². The summed E-state index contributed by atoms with van der Waals surface area (Å²) in [6.07, 6.45) is 6.07. The molecule has 1 heterocycles. The SMILES string of the molecule is Nc1cc(Cl)sc1S(=O)(=O)NC(=S)NCC1CCCCC1. The maximum Gasteiger partial charge on any atom is 0.275 e. The molecule has 0 spiro atoms. The highest BCUT2D eigenvalue weighted by atomic mass is 35.5. The Hall–Kier alpha value is -0.570. The average Bonchev–Trinajstić information content (AvgIpc) is 2.77. The summed E-state index contributed by atoms with van der Waals surface area (Å²) in [5, 5.41) is 3.08. The quantitative estimate of drug-likeness (QED) is 0.712. The van der Waals surface area contributed by atoms with Crippen LogP contribution in [0.2, 0.25) is 4.34 Å². The maximum absolute atomic E-state index is 12.2. The molecule has 1 fully saturated rings. The fourth-order valence-corrected chi connectivity index (χ4v) is 5.45. The van der Waals surface area contributed by atoms with Gasteiger partial charge in [0.05, 0.1) is 10.0 Å². The summed E-state index contributed by atoms with van der Waals surface area (Å²) in [7, 11) is -3.77. The number of nitrogens with two attached hydrogens (primary N) is 1. The fraction of sp³-hybridized carbons (Fsp3) is 0.583. The van der Waals surface area contributed by atoms with Gasteiger partial charge < -0.3 is 11.1 Å². The van der Waals surface area contributed by atoms with E-state index in [1.807, 2.05) is 0 Å². The van der Waals surface area contributed by atoms with Crippen molar-refractivity contribution < 1.29 is 8.42 Å². The highest BCUT2D eigenvalue weighted by Crippen LogP contribution is 2.32. The van der Waals surface area contributed by atoms with Crippen molar-refractivity contribution >= 4 is 56.0 Å². The largest absolute Gasteiger partial charge is 0.397 e. The van der Waals surface area contributed by atoms with Crippen molar-refractivity contribution in [1.82, 2.24) is 10.0 Å². The molecule has 9 heteroatoms. The summed E-state index contributed by atoms with van der Waals surface area (Å²) in [6.45, 7) is 0.696. The summed E-state index contributed by atoms with van der Waals surface area (Å²) in [4.78, 5) is 0. The van der Waals surface area contributed by atoms with Gasteiger partial charge in [0.25, 0.3) is 10.0 Å². The monoisotopic (exact) mass is 367 g/mol. The fourth-order valence-electron chi connectivity index (χ4n) is 2.40. The van der Waals surface area contributed by atoms with Crippen LogP contribution in [0.1, 0.15) is 32.1 Å². The summed E-state index contributed by atoms with van der Waals surface area (Å²) in [5.41, 5.74) is 5.77. The number of thiophene rings is 1. The molecule has 5 nitrogen and oxygen atoms in total. The molecule has 118 valence electrons. The van der Waals surface area contributed by atoms with Gasteiger partial charge in [-0.1, -0.05) is 30.9 Å². The zero-order chi connectivity index (χ0) is 15.5. The van der Waals surface area contributed by atoms with Gasteiger partial charge in [0.15, 0.2) is 9.32 Å². The van der Waals surface area contributed by atoms with Crippen LogP contribution in [0.3, 0.4) is 0 Å². The first-order valence-corrected chi connectivity index (χ1v) is 9.82. The second kappa shape index (κ2) is 7.13. The minimum atomic E-state index is -3.77. The molecule has 4 N–H and O–H groups in total. The number of hydrogen-bond acceptors (Lipinski definition) is 5. The van der Waals surface area contributed by atoms with Crippen LogP contribution in [-0.2, 0) is 10.0 Å². The van der Waals surface area contributed by atoms with E-state index in [0.717, 1.165) is 24.2 Å². The van der Waals surface area contributed by atoms with E-state index in [2.05, 4.69) is 10.0 Å². The molecule has 0 saturated heterocycles. The van der Waals surface area contributed by atoms with E-state index in [4.69, 9.17) is 29.6 Å². The van der Waals surface area contributed by atoms with Crippen molar-refractivity contribution in [2.45, 2.75) is 36.3 Å². The lowest BCUT2D eigenvalue weighted by atomic mass is 9.89. The number of halogens is 1. The van der Waals surface area contributed by atoms with Gasteiger partial charge in [-0.3, -0.25) is 4.72 Å². The van der Waals surface area contributed by atoms with Gasteiger partial charge in [0, 0.05) is 6.54 Å². The van der Waals surface area contributed by atoms with Crippen LogP contribution in [0.5, 0.6) is 0 Å². The van der Waals surface area contributed by atoms with Gasteiger partial charge in [-0.15, -0.1) is 11.3 Å². The Morgan fingerprint density at radius 3 is 2.67 bits per heavy atom. The Kier molecular flexibility index (Phi) is 5.70. The van der Waals surface area contributed by atoms with Crippen LogP contribution in [0.4, 0.5) is 5.69 Å². The minimum Gasteiger partial charge on any atom is -0.397 e. The second-order valence-electron chi connectivity index (χ2n) is 5.11. The highest BCUT2D eigenvalue weighted by Gasteiger charge is 2.22. The van der Waals surface area contributed by atoms with Gasteiger partial charge in [-0.25, -0.2) is 8.42 Å². The van der Waals surface area contributed by atoms with E-state index in [-0.39, 0.29) is 15.0 Å². The van der Waals surface area contributed by atoms with Crippen LogP contribution in [0.25, 0.3) is 0 Å². The Balaban J connectivity index is 1.90. The molecule has 1 aliphatic rings. The number of sulfonamides is 1. The smallest absolute Gasteiger partial charge is 0.275 e. The zero-order valence-electron chi connectivity index (χ0n) is 11.4. The van der Waals surface area contributed by atoms with Crippen molar-refractivity contribution in [1.29, 1.82) is 0 Å². The Morgan fingerprint density at radius 2 is 2.10 bits per heavy atom. The van der Waals surface area contributed by atoms with Crippen molar-refractivity contribution in [2.75, 3.05) is 12.3 Å². The molecule has 21 heavy (non-hydrogen) atoms. The molecule has 0 aromatic carbocycles. The number of thiocarbonyl (C=S) groups is 1. The molecule has 0 atom stereocenters. The predicted molar refractivity (Wildman–Crippen MR) is 91.2 cm³/mol. The standard InChI is InChI=1S/C12H18ClN3O2S3/c13-10-6-9(14)11(20-10)21(17,18)16-12(19)15-7-8-4-2-1-3-5-8/h6,8H,1-5,7,14H2,(H2,15,16,19). The number of nitrogen functional groups attached to an aromatic ring is 1. The van der Waals surface area contributed by atoms with Gasteiger partial charge >= 0.3 is 0 Å². The van der Waals surface area contributed by atoms with Crippen molar-refractivity contribution in [3.8, 4) is 0 Å². The molecule has 0 aliphatic heterocycles. The maximum atomic E-state index is 12.2. The van der Waals surface area contributed by atoms with E-state index in [1.165, 1.54) is 25.3 Å². The van der Waals surface area contributed by atoms with Crippen LogP contribution < -0.4 is 15.8 Å². The van der Waals surface area contributed by atoms with Crippen LogP contribution in [-0.4, -0.2) is 20.1 Å². The van der Waals surface area contributed by atoms with E-state index < -0.39 is 10.0 Å². The normalized spacial score (nSPS) is 16.6. The van der Waals surface area contributed by atoms with E-state index in [9.17, 15) is 8.42 Å². The zero-order valence-corrected chi connectivity index (χ0v) is 14.6. The molecule has 2 rings (SSSR count). The van der Waals surface area contributed by atoms with Crippen LogP contribution in [0.15, 0.2) is 10.3 Å². The third-order valence-corrected chi connectivity index (χ3v) is 7.00. The van der Waals surface area contributed by atoms with Crippen molar-refractivity contribution in [3.05, 3.63) is 10.4 Å². The first kappa shape index (κ1) is 16.8. The molecular weight excluding hydrogens is 350 g/mol. The topological polar surface area (TPSA) is 84.2 Å². The van der Waals surface area contributed by atoms with Gasteiger partial charge in [0.1, 0.15) is 0 Å². The lowest BCUT2D eigenvalue weighted by Crippen LogP contribution is -2.41. The van der Waals surface area contributed by atoms with Crippen LogP contribution >= 0.6 is 35.2 Å². The summed E-state index contributed by atoms with van der Waals surface area (Å²) < 4.78 is 27.0. The predicted octanol–water partition coefficient (Wildman–Crippen LogP) is 2.72. The summed E-state index contributed by atoms with van der Waals surface area (Å²) in [5.74, 6) is 0.558. The van der Waals surface area contributed by atoms with Crippen LogP contribution in [0, 0.1) is 5.92 Å². The first-order chi connectivity index (χ1) is 9.88. The number of hydrogen-bond donors (Lipinski definition) is 3. The molecule has 0 amide bonds. The number of nitrogens with one attached hydrogen (secondary N) is 2. The molecule has 0 radical (unpaired) electrons. The number of anilines is 1. The molecule has 1 aliphatic carbocycles. The van der Waals surface area contributed by atoms with Crippen molar-refractivity contribution in [2.24, 2.45) is 5.92 Å². The second-order valence-corrected chi connectivity index (χ2v) is 9.08. The average molecular weight is 368 g/mol. The third-order valence-electron chi connectivity index (χ3n) is 3.44. The Morgan fingerprint density at radius 1 is 1.43 bits per heavy atom. The molecular formula is C12H18ClN3O2S3. The number of rotatable bonds is 4. The lowest BCUT2D eigenvalue weighted by molar-refractivity contribution is 0.357. The first-order valence-electron chi connectivity index (χ1n) is 6.74. The summed E-state index contributed by atoms with van der Waals surface area (Å²) in [6, 6.07) is 1.42. The molecule has 1 aromatic rings. The Bertz CT molecular complexity index is 609. The van der Waals surface area contributed by atoms with Gasteiger partial charge in [-0.05, 0) is 37.0 Å². The minimum absolute atomic E-state index is 0.00526. The third kappa shape index (κ3) is 4.70. The lowest BCUT2D eigenvalue weighted by Gasteiger charge is -2.22. The van der Waals surface area contributed by atoms with E-state index >= 15 is 0 Å². The van der Waals surface area contributed by atoms with Crippen molar-refractivity contribution in [3.63, 3.8) is 0 Å². The van der Waals surface area contributed by atoms with E-state index in [1.54, 1.807) is 0 Å². The molecule has 1 saturated carbocycles. The van der Waals surface area contributed by atoms with Gasteiger partial charge in [0.2, 0.25) is 0 Å². The van der Waals surface area contributed by atoms with E-state index in [0.29, 0.717) is 16.8 Å². The highest BCUT2D eigenvalue weighted by molar-refractivity contribution is 7.93. The molecule has 1 aromatic heterocycles. The Labute approximate surface area is 139 Å². The molecule has 0 unspecified atom stereocenters.